The third-order valence-electron chi connectivity index (χ3n) is 6.88. The number of hydrogen-bond acceptors (Lipinski definition) is 7. The Bertz CT molecular complexity index is 1260. The minimum absolute atomic E-state index is 0.0668. The molecule has 2 aliphatic rings. The summed E-state index contributed by atoms with van der Waals surface area (Å²) >= 11 is 0. The highest BCUT2D eigenvalue weighted by Gasteiger charge is 2.30. The molecule has 4 heterocycles. The average molecular weight is 465 g/mol. The number of nitrogens with two attached hydrogens (primary N) is 2. The molecule has 180 valence electrons. The van der Waals surface area contributed by atoms with E-state index in [0.29, 0.717) is 30.3 Å². The van der Waals surface area contributed by atoms with Crippen molar-refractivity contribution in [3.63, 3.8) is 0 Å². The SMILES string of the molecule is C/C(N)=C(\c1cnc2c3cc(C(=O)N4CC(O)C4)ccc3n(CC3CCOCC3)c2c1)N(C)N. The van der Waals surface area contributed by atoms with Crippen LogP contribution in [-0.2, 0) is 11.3 Å². The highest BCUT2D eigenvalue weighted by atomic mass is 16.5. The quantitative estimate of drug-likeness (QED) is 0.389. The summed E-state index contributed by atoms with van der Waals surface area (Å²) in [6.45, 7) is 4.99. The second-order valence-corrected chi connectivity index (χ2v) is 9.50. The van der Waals surface area contributed by atoms with Crippen molar-refractivity contribution in [2.45, 2.75) is 32.4 Å². The van der Waals surface area contributed by atoms with Gasteiger partial charge in [0.1, 0.15) is 0 Å². The lowest BCUT2D eigenvalue weighted by Gasteiger charge is -2.35. The van der Waals surface area contributed by atoms with E-state index >= 15 is 0 Å². The van der Waals surface area contributed by atoms with Gasteiger partial charge in [-0.05, 0) is 49.9 Å². The van der Waals surface area contributed by atoms with Crippen molar-refractivity contribution < 1.29 is 14.6 Å². The predicted octanol–water partition coefficient (Wildman–Crippen LogP) is 1.89. The number of hydrazine groups is 1. The van der Waals surface area contributed by atoms with Crippen LogP contribution in [0.5, 0.6) is 0 Å². The molecular weight excluding hydrogens is 432 g/mol. The van der Waals surface area contributed by atoms with Gasteiger partial charge in [-0.15, -0.1) is 0 Å². The van der Waals surface area contributed by atoms with Crippen molar-refractivity contribution in [3.8, 4) is 0 Å². The molecule has 2 aromatic heterocycles. The van der Waals surface area contributed by atoms with Gasteiger partial charge >= 0.3 is 0 Å². The number of rotatable bonds is 5. The summed E-state index contributed by atoms with van der Waals surface area (Å²) in [5.74, 6) is 6.51. The summed E-state index contributed by atoms with van der Waals surface area (Å²) in [5.41, 5.74) is 11.8. The molecule has 0 radical (unpaired) electrons. The molecule has 2 saturated heterocycles. The van der Waals surface area contributed by atoms with Crippen LogP contribution in [-0.4, -0.2) is 69.9 Å². The lowest BCUT2D eigenvalue weighted by Crippen LogP contribution is -2.53. The number of carbonyl (C=O) groups is 1. The molecule has 34 heavy (non-hydrogen) atoms. The summed E-state index contributed by atoms with van der Waals surface area (Å²) in [6.07, 6.45) is 3.39. The fourth-order valence-electron chi connectivity index (χ4n) is 5.12. The van der Waals surface area contributed by atoms with Crippen LogP contribution in [0.3, 0.4) is 0 Å². The molecule has 0 spiro atoms. The van der Waals surface area contributed by atoms with Gasteiger partial charge in [0.2, 0.25) is 0 Å². The first-order chi connectivity index (χ1) is 16.3. The zero-order valence-corrected chi connectivity index (χ0v) is 19.7. The normalized spacial score (nSPS) is 18.3. The largest absolute Gasteiger partial charge is 0.401 e. The number of amides is 1. The molecule has 2 fully saturated rings. The number of likely N-dealkylation sites (tertiary alicyclic amines) is 1. The number of ether oxygens (including phenoxy) is 1. The van der Waals surface area contributed by atoms with Gasteiger partial charge in [0, 0.05) is 68.3 Å². The number of aliphatic hydroxyl groups excluding tert-OH is 1. The van der Waals surface area contributed by atoms with E-state index in [0.717, 1.165) is 65.8 Å². The number of carbonyl (C=O) groups excluding carboxylic acids is 1. The molecule has 0 saturated carbocycles. The maximum Gasteiger partial charge on any atom is 0.254 e. The molecular formula is C25H32N6O3. The number of fused-ring (bicyclic) bond motifs is 3. The Morgan fingerprint density at radius 1 is 1.21 bits per heavy atom. The van der Waals surface area contributed by atoms with Crippen molar-refractivity contribution in [2.24, 2.45) is 17.5 Å². The molecule has 0 bridgehead atoms. The molecule has 0 unspecified atom stereocenters. The lowest BCUT2D eigenvalue weighted by atomic mass is 10.00. The van der Waals surface area contributed by atoms with Gasteiger partial charge in [0.05, 0.1) is 28.4 Å². The summed E-state index contributed by atoms with van der Waals surface area (Å²) < 4.78 is 7.87. The number of allylic oxidation sites excluding steroid dienone is 1. The van der Waals surface area contributed by atoms with Gasteiger partial charge in [-0.1, -0.05) is 0 Å². The van der Waals surface area contributed by atoms with Crippen LogP contribution in [0.15, 0.2) is 36.2 Å². The maximum absolute atomic E-state index is 12.9. The number of β-amino-alcohol motifs (C(OH)–C–C–N with tert-alkyl or cyclic N) is 1. The van der Waals surface area contributed by atoms with Crippen LogP contribution < -0.4 is 11.6 Å². The van der Waals surface area contributed by atoms with Crippen molar-refractivity contribution in [1.29, 1.82) is 0 Å². The first kappa shape index (κ1) is 22.6. The maximum atomic E-state index is 12.9. The molecule has 1 amide bonds. The van der Waals surface area contributed by atoms with E-state index in [4.69, 9.17) is 21.3 Å². The number of pyridine rings is 1. The Morgan fingerprint density at radius 3 is 2.59 bits per heavy atom. The van der Waals surface area contributed by atoms with Crippen molar-refractivity contribution in [1.82, 2.24) is 19.5 Å². The van der Waals surface area contributed by atoms with Gasteiger partial charge in [0.25, 0.3) is 5.91 Å². The number of hydrogen-bond donors (Lipinski definition) is 3. The zero-order chi connectivity index (χ0) is 24.0. The van der Waals surface area contributed by atoms with E-state index in [-0.39, 0.29) is 5.91 Å². The molecule has 1 aromatic carbocycles. The Hall–Kier alpha value is -3.14. The average Bonchev–Trinajstić information content (AvgIpc) is 3.09. The van der Waals surface area contributed by atoms with Crippen molar-refractivity contribution in [3.05, 3.63) is 47.3 Å². The summed E-state index contributed by atoms with van der Waals surface area (Å²) in [7, 11) is 1.76. The second-order valence-electron chi connectivity index (χ2n) is 9.50. The van der Waals surface area contributed by atoms with Crippen LogP contribution in [0.1, 0.15) is 35.7 Å². The summed E-state index contributed by atoms with van der Waals surface area (Å²) in [5, 5.41) is 12.1. The number of nitrogens with zero attached hydrogens (tertiary/aromatic N) is 4. The van der Waals surface area contributed by atoms with Gasteiger partial charge in [-0.25, -0.2) is 5.84 Å². The van der Waals surface area contributed by atoms with Crippen molar-refractivity contribution in [2.75, 3.05) is 33.4 Å². The molecule has 2 aliphatic heterocycles. The van der Waals surface area contributed by atoms with Crippen LogP contribution in [0.2, 0.25) is 0 Å². The second kappa shape index (κ2) is 8.90. The van der Waals surface area contributed by atoms with E-state index in [9.17, 15) is 9.90 Å². The fraction of sp³-hybridized carbons (Fsp3) is 0.440. The molecule has 0 aliphatic carbocycles. The van der Waals surface area contributed by atoms with E-state index in [1.54, 1.807) is 18.1 Å². The first-order valence-electron chi connectivity index (χ1n) is 11.8. The zero-order valence-electron chi connectivity index (χ0n) is 19.7. The Morgan fingerprint density at radius 2 is 1.94 bits per heavy atom. The van der Waals surface area contributed by atoms with Gasteiger partial charge in [-0.2, -0.15) is 0 Å². The number of aromatic nitrogens is 2. The molecule has 5 rings (SSSR count). The van der Waals surface area contributed by atoms with Crippen LogP contribution >= 0.6 is 0 Å². The Labute approximate surface area is 198 Å². The van der Waals surface area contributed by atoms with E-state index in [1.165, 1.54) is 5.01 Å². The van der Waals surface area contributed by atoms with Crippen molar-refractivity contribution >= 4 is 33.5 Å². The standard InChI is InChI=1S/C25H32N6O3/c1-15(26)24(29(2)27)18-10-22-23(28-11-18)20-9-17(25(33)30-13-19(32)14-30)3-4-21(20)31(22)12-16-5-7-34-8-6-16/h3-4,9-11,16,19,32H,5-8,12-14,26-27H2,1-2H3/b24-15-. The molecule has 3 aromatic rings. The number of benzene rings is 1. The number of aliphatic hydroxyl groups is 1. The topological polar surface area (TPSA) is 123 Å². The third-order valence-corrected chi connectivity index (χ3v) is 6.88. The lowest BCUT2D eigenvalue weighted by molar-refractivity contribution is 0.00591. The minimum atomic E-state index is -0.428. The Kier molecular flexibility index (Phi) is 5.93. The van der Waals surface area contributed by atoms with Crippen LogP contribution in [0.4, 0.5) is 0 Å². The van der Waals surface area contributed by atoms with Gasteiger partial charge in [0.15, 0.2) is 0 Å². The monoisotopic (exact) mass is 464 g/mol. The minimum Gasteiger partial charge on any atom is -0.401 e. The van der Waals surface area contributed by atoms with Gasteiger partial charge < -0.3 is 30.1 Å². The third kappa shape index (κ3) is 4.00. The summed E-state index contributed by atoms with van der Waals surface area (Å²) in [4.78, 5) is 19.4. The molecule has 9 nitrogen and oxygen atoms in total. The first-order valence-corrected chi connectivity index (χ1v) is 11.8. The highest BCUT2D eigenvalue weighted by molar-refractivity contribution is 6.09. The van der Waals surface area contributed by atoms with Crippen LogP contribution in [0.25, 0.3) is 27.6 Å². The van der Waals surface area contributed by atoms with E-state index < -0.39 is 6.10 Å². The van der Waals surface area contributed by atoms with E-state index in [2.05, 4.69) is 10.6 Å². The molecule has 0 atom stereocenters. The van der Waals surface area contributed by atoms with Gasteiger partial charge in [-0.3, -0.25) is 9.78 Å². The predicted molar refractivity (Wildman–Crippen MR) is 131 cm³/mol. The van der Waals surface area contributed by atoms with Crippen LogP contribution in [0, 0.1) is 5.92 Å². The summed E-state index contributed by atoms with van der Waals surface area (Å²) in [6, 6.07) is 7.90. The highest BCUT2D eigenvalue weighted by Crippen LogP contribution is 2.33. The van der Waals surface area contributed by atoms with E-state index in [1.807, 2.05) is 25.1 Å². The smallest absolute Gasteiger partial charge is 0.254 e. The Balaban J connectivity index is 1.64. The molecule has 5 N–H and O–H groups in total. The molecule has 9 heteroatoms. The fourth-order valence-corrected chi connectivity index (χ4v) is 5.12.